The van der Waals surface area contributed by atoms with Gasteiger partial charge in [0.15, 0.2) is 35.8 Å². The molecule has 43 heavy (non-hydrogen) atoms. The molecule has 250 valence electrons. The largest absolute Gasteiger partial charge is 0.353 e. The third-order valence-electron chi connectivity index (χ3n) is 7.48. The van der Waals surface area contributed by atoms with Crippen LogP contribution in [0.3, 0.4) is 0 Å². The van der Waals surface area contributed by atoms with E-state index >= 15 is 0 Å². The van der Waals surface area contributed by atoms with Crippen molar-refractivity contribution < 1.29 is 69.9 Å². The van der Waals surface area contributed by atoms with Gasteiger partial charge in [0.1, 0.15) is 42.7 Å². The Balaban J connectivity index is 1.30. The van der Waals surface area contributed by atoms with E-state index in [1.165, 1.54) is 7.11 Å². The van der Waals surface area contributed by atoms with Gasteiger partial charge in [0, 0.05) is 7.11 Å². The van der Waals surface area contributed by atoms with E-state index < -0.39 is 93.8 Å². The monoisotopic (exact) mass is 660 g/mol. The number of fused-ring (bicyclic) bond motifs is 2. The topological polar surface area (TPSA) is 154 Å². The van der Waals surface area contributed by atoms with Crippen molar-refractivity contribution in [3.8, 4) is 0 Å². The highest BCUT2D eigenvalue weighted by molar-refractivity contribution is 7.71. The molecule has 0 N–H and O–H groups in total. The van der Waals surface area contributed by atoms with Crippen LogP contribution < -0.4 is 0 Å². The van der Waals surface area contributed by atoms with Crippen LogP contribution in [0.5, 0.6) is 0 Å². The quantitative estimate of drug-likeness (QED) is 0.263. The van der Waals surface area contributed by atoms with E-state index in [-0.39, 0.29) is 26.4 Å². The average molecular weight is 661 g/mol. The van der Waals surface area contributed by atoms with E-state index in [9.17, 15) is 9.13 Å². The summed E-state index contributed by atoms with van der Waals surface area (Å²) in [6.45, 7) is 14.0. The first-order valence-corrected chi connectivity index (χ1v) is 18.1. The van der Waals surface area contributed by atoms with Crippen LogP contribution in [0.4, 0.5) is 0 Å². The summed E-state index contributed by atoms with van der Waals surface area (Å²) in [6, 6.07) is 0. The number of rotatable bonds is 13. The van der Waals surface area contributed by atoms with Crippen molar-refractivity contribution in [3.63, 3.8) is 0 Å². The molecule has 5 saturated heterocycles. The molecule has 5 heterocycles. The fraction of sp³-hybridized carbons (Fsp3) is 1.00. The highest BCUT2D eigenvalue weighted by atomic mass is 31.2. The molecule has 5 fully saturated rings. The molecule has 2 unspecified atom stereocenters. The van der Waals surface area contributed by atoms with E-state index in [1.807, 2.05) is 0 Å². The average Bonchev–Trinajstić information content (AvgIpc) is 3.64. The van der Waals surface area contributed by atoms with Crippen LogP contribution in [0.15, 0.2) is 0 Å². The van der Waals surface area contributed by atoms with Crippen LogP contribution in [0.2, 0.25) is 0 Å². The second-order valence-corrected chi connectivity index (χ2v) is 16.9. The fourth-order valence-corrected chi connectivity index (χ4v) is 10.7. The van der Waals surface area contributed by atoms with E-state index in [0.717, 1.165) is 0 Å². The molecule has 0 aromatic rings. The first-order valence-electron chi connectivity index (χ1n) is 14.7. The molecule has 0 bridgehead atoms. The summed E-state index contributed by atoms with van der Waals surface area (Å²) >= 11 is 0. The maximum absolute atomic E-state index is 14.2. The molecule has 11 atom stereocenters. The molecule has 5 aliphatic heterocycles. The second-order valence-electron chi connectivity index (χ2n) is 12.3. The normalized spacial score (nSPS) is 42.0. The molecule has 0 saturated carbocycles. The molecule has 5 aliphatic rings. The van der Waals surface area contributed by atoms with Gasteiger partial charge in [0.2, 0.25) is 0 Å². The van der Waals surface area contributed by atoms with Gasteiger partial charge in [-0.25, -0.2) is 0 Å². The summed E-state index contributed by atoms with van der Waals surface area (Å²) in [4.78, 5) is 0. The maximum Gasteiger partial charge on any atom is 0.345 e. The predicted molar refractivity (Wildman–Crippen MR) is 147 cm³/mol. The van der Waals surface area contributed by atoms with Gasteiger partial charge in [0.25, 0.3) is 0 Å². The molecule has 0 spiro atoms. The Morgan fingerprint density at radius 2 is 1.26 bits per heavy atom. The Hall–Kier alpha value is -0.0600. The molecular weight excluding hydrogens is 614 g/mol. The summed E-state index contributed by atoms with van der Waals surface area (Å²) < 4.78 is 105. The minimum Gasteiger partial charge on any atom is -0.353 e. The molecule has 0 aromatic heterocycles. The second kappa shape index (κ2) is 12.5. The van der Waals surface area contributed by atoms with E-state index in [0.29, 0.717) is 0 Å². The lowest BCUT2D eigenvalue weighted by Gasteiger charge is -2.29. The Bertz CT molecular complexity index is 1080. The van der Waals surface area contributed by atoms with Crippen molar-refractivity contribution in [1.29, 1.82) is 0 Å². The summed E-state index contributed by atoms with van der Waals surface area (Å²) in [5.74, 6) is -3.31. The van der Waals surface area contributed by atoms with Crippen molar-refractivity contribution in [2.45, 2.75) is 128 Å². The summed E-state index contributed by atoms with van der Waals surface area (Å²) in [6.07, 6.45) is -6.15. The van der Waals surface area contributed by atoms with Crippen LogP contribution in [-0.2, 0) is 69.9 Å². The van der Waals surface area contributed by atoms with Crippen LogP contribution >= 0.6 is 15.2 Å². The minimum absolute atomic E-state index is 0.00443. The Morgan fingerprint density at radius 1 is 0.674 bits per heavy atom. The van der Waals surface area contributed by atoms with E-state index in [4.69, 9.17) is 60.7 Å². The van der Waals surface area contributed by atoms with Crippen molar-refractivity contribution >= 4 is 15.2 Å². The molecule has 0 radical (unpaired) electrons. The van der Waals surface area contributed by atoms with Gasteiger partial charge in [-0.05, 0) is 55.4 Å². The van der Waals surface area contributed by atoms with Gasteiger partial charge in [-0.3, -0.25) is 13.7 Å². The first kappa shape index (κ1) is 34.3. The minimum atomic E-state index is -4.18. The summed E-state index contributed by atoms with van der Waals surface area (Å²) in [5.41, 5.74) is 0. The van der Waals surface area contributed by atoms with Gasteiger partial charge in [-0.1, -0.05) is 0 Å². The molecule has 0 amide bonds. The number of hydrogen-bond acceptors (Lipinski definition) is 15. The lowest BCUT2D eigenvalue weighted by molar-refractivity contribution is -0.231. The highest BCUT2D eigenvalue weighted by Crippen LogP contribution is 2.65. The molecule has 0 aliphatic carbocycles. The fourth-order valence-electron chi connectivity index (χ4n) is 5.99. The number of ether oxygens (including phenoxy) is 9. The van der Waals surface area contributed by atoms with E-state index in [2.05, 4.69) is 0 Å². The highest BCUT2D eigenvalue weighted by Gasteiger charge is 2.61. The smallest absolute Gasteiger partial charge is 0.345 e. The van der Waals surface area contributed by atoms with Crippen molar-refractivity contribution in [2.75, 3.05) is 39.4 Å². The Morgan fingerprint density at radius 3 is 1.84 bits per heavy atom. The van der Waals surface area contributed by atoms with Crippen molar-refractivity contribution in [3.05, 3.63) is 0 Å². The number of hydrogen-bond donors (Lipinski definition) is 0. The maximum atomic E-state index is 14.2. The van der Waals surface area contributed by atoms with Gasteiger partial charge < -0.3 is 56.2 Å². The molecule has 17 heteroatoms. The predicted octanol–water partition coefficient (Wildman–Crippen LogP) is 3.72. The van der Waals surface area contributed by atoms with Crippen LogP contribution in [0.1, 0.15) is 55.4 Å². The van der Waals surface area contributed by atoms with Gasteiger partial charge in [0.05, 0.1) is 26.4 Å². The molecule has 5 rings (SSSR count). The summed E-state index contributed by atoms with van der Waals surface area (Å²) in [5, 5.41) is 0. The molecule has 15 nitrogen and oxygen atoms in total. The van der Waals surface area contributed by atoms with Crippen molar-refractivity contribution in [2.24, 2.45) is 0 Å². The Kier molecular flexibility index (Phi) is 9.98. The standard InChI is InChI=1S/C26H46O15P2/c1-10-31-42(27,33-13-15-18-20(22(29-9)34-15)39-25(5,6)37-18)14-43(28,32-11-2)41-23-21-19(38-26(7,8)40-21)17(35-23)16-12-30-24(3,4)36-16/h15-23H,10-14H2,1-9H3/t15-,16+,17-,18-,19+,20-,21+,22-,23+,42?,43?/m1/s1. The zero-order chi connectivity index (χ0) is 31.4. The third kappa shape index (κ3) is 7.58. The van der Waals surface area contributed by atoms with E-state index in [1.54, 1.807) is 55.4 Å². The third-order valence-corrected chi connectivity index (χ3v) is 12.6. The lowest BCUT2D eigenvalue weighted by atomic mass is 10.1. The summed E-state index contributed by atoms with van der Waals surface area (Å²) in [7, 11) is -6.78. The van der Waals surface area contributed by atoms with Gasteiger partial charge >= 0.3 is 15.2 Å². The molecular formula is C26H46O15P2. The molecule has 0 aromatic carbocycles. The Labute approximate surface area is 252 Å². The van der Waals surface area contributed by atoms with Crippen LogP contribution in [0, 0.1) is 0 Å². The van der Waals surface area contributed by atoms with Gasteiger partial charge in [-0.15, -0.1) is 0 Å². The lowest BCUT2D eigenvalue weighted by Crippen LogP contribution is -2.40. The van der Waals surface area contributed by atoms with Crippen LogP contribution in [0.25, 0.3) is 0 Å². The van der Waals surface area contributed by atoms with Gasteiger partial charge in [-0.2, -0.15) is 0 Å². The number of methoxy groups -OCH3 is 1. The van der Waals surface area contributed by atoms with Crippen molar-refractivity contribution in [1.82, 2.24) is 0 Å². The zero-order valence-electron chi connectivity index (χ0n) is 26.2. The SMILES string of the molecule is CCOP(=O)(CP(=O)(OCC)O[C@@H]1O[C@H]([C@@H]2COC(C)(C)O2)[C@@H]2OC(C)(C)O[C@H]12)OC[C@H]1O[C@@H](OC)[C@@H]2OC(C)(C)O[C@@H]21. The first-order chi connectivity index (χ1) is 20.0. The zero-order valence-corrected chi connectivity index (χ0v) is 28.0. The van der Waals surface area contributed by atoms with Crippen LogP contribution in [-0.4, -0.2) is 112 Å².